The third-order valence-corrected chi connectivity index (χ3v) is 4.93. The van der Waals surface area contributed by atoms with Gasteiger partial charge < -0.3 is 4.90 Å². The molecule has 1 atom stereocenters. The number of hydrogen-bond donors (Lipinski definition) is 0. The topological polar surface area (TPSA) is 3.24 Å². The van der Waals surface area contributed by atoms with Crippen LogP contribution in [0.2, 0.25) is 0 Å². The molecular formula is C16H25NS. The fourth-order valence-electron chi connectivity index (χ4n) is 2.67. The highest BCUT2D eigenvalue weighted by molar-refractivity contribution is 7.99. The van der Waals surface area contributed by atoms with Crippen LogP contribution in [-0.4, -0.2) is 30.3 Å². The molecule has 0 radical (unpaired) electrons. The maximum atomic E-state index is 2.66. The Morgan fingerprint density at radius 1 is 1.17 bits per heavy atom. The van der Waals surface area contributed by atoms with Crippen LogP contribution in [-0.2, 0) is 0 Å². The van der Waals surface area contributed by atoms with E-state index in [1.165, 1.54) is 56.0 Å². The van der Waals surface area contributed by atoms with Crippen LogP contribution in [0.25, 0.3) is 0 Å². The highest BCUT2D eigenvalue weighted by atomic mass is 32.2. The summed E-state index contributed by atoms with van der Waals surface area (Å²) >= 11 is 1.99. The molecule has 0 aliphatic carbocycles. The van der Waals surface area contributed by atoms with E-state index in [0.29, 0.717) is 0 Å². The summed E-state index contributed by atoms with van der Waals surface area (Å²) in [5.41, 5.74) is 0. The Labute approximate surface area is 116 Å². The average Bonchev–Trinajstić information content (AvgIpc) is 2.65. The van der Waals surface area contributed by atoms with E-state index in [4.69, 9.17) is 0 Å². The van der Waals surface area contributed by atoms with E-state index in [1.54, 1.807) is 0 Å². The molecule has 1 nitrogen and oxygen atoms in total. The summed E-state index contributed by atoms with van der Waals surface area (Å²) in [6.07, 6.45) is 5.62. The lowest BCUT2D eigenvalue weighted by molar-refractivity contribution is 0.297. The normalized spacial score (nSPS) is 21.7. The fraction of sp³-hybridized carbons (Fsp3) is 0.625. The lowest BCUT2D eigenvalue weighted by Crippen LogP contribution is -2.27. The van der Waals surface area contributed by atoms with Crippen LogP contribution in [0.15, 0.2) is 35.2 Å². The van der Waals surface area contributed by atoms with Gasteiger partial charge in [0, 0.05) is 17.2 Å². The van der Waals surface area contributed by atoms with Crippen LogP contribution >= 0.6 is 11.8 Å². The molecule has 1 heterocycles. The smallest absolute Gasteiger partial charge is 0.0108 e. The first-order valence-electron chi connectivity index (χ1n) is 7.28. The molecule has 0 amide bonds. The summed E-state index contributed by atoms with van der Waals surface area (Å²) < 4.78 is 0. The number of thioether (sulfide) groups is 1. The maximum absolute atomic E-state index is 2.66. The number of hydrogen-bond acceptors (Lipinski definition) is 2. The fourth-order valence-corrected chi connectivity index (χ4v) is 3.60. The van der Waals surface area contributed by atoms with Crippen molar-refractivity contribution in [3.05, 3.63) is 30.3 Å². The standard InChI is InChI=1S/C16H25NS/c1-2-15-7-6-11-17(12-10-15)13-14-18-16-8-4-3-5-9-16/h3-5,8-9,15H,2,6-7,10-14H2,1H3. The number of likely N-dealkylation sites (tertiary alicyclic amines) is 1. The Morgan fingerprint density at radius 3 is 2.78 bits per heavy atom. The summed E-state index contributed by atoms with van der Waals surface area (Å²) in [6.45, 7) is 6.21. The second-order valence-corrected chi connectivity index (χ2v) is 6.38. The first-order chi connectivity index (χ1) is 8.88. The van der Waals surface area contributed by atoms with Gasteiger partial charge in [0.25, 0.3) is 0 Å². The van der Waals surface area contributed by atoms with Gasteiger partial charge in [-0.25, -0.2) is 0 Å². The van der Waals surface area contributed by atoms with Gasteiger partial charge >= 0.3 is 0 Å². The summed E-state index contributed by atoms with van der Waals surface area (Å²) in [7, 11) is 0. The lowest BCUT2D eigenvalue weighted by Gasteiger charge is -2.19. The second-order valence-electron chi connectivity index (χ2n) is 5.21. The molecule has 0 N–H and O–H groups in total. The van der Waals surface area contributed by atoms with Crippen LogP contribution in [0, 0.1) is 5.92 Å². The third kappa shape index (κ3) is 4.66. The lowest BCUT2D eigenvalue weighted by atomic mass is 9.98. The molecule has 1 aromatic rings. The number of rotatable bonds is 5. The Hall–Kier alpha value is -0.470. The molecular weight excluding hydrogens is 238 g/mol. The summed E-state index contributed by atoms with van der Waals surface area (Å²) in [6, 6.07) is 10.8. The largest absolute Gasteiger partial charge is 0.302 e. The molecule has 1 fully saturated rings. The van der Waals surface area contributed by atoms with Gasteiger partial charge in [-0.1, -0.05) is 31.5 Å². The van der Waals surface area contributed by atoms with Crippen molar-refractivity contribution in [2.45, 2.75) is 37.5 Å². The molecule has 18 heavy (non-hydrogen) atoms. The quantitative estimate of drug-likeness (QED) is 0.729. The SMILES string of the molecule is CCC1CCCN(CCSc2ccccc2)CC1. The minimum atomic E-state index is 0.983. The molecule has 1 saturated heterocycles. The van der Waals surface area contributed by atoms with Crippen LogP contribution in [0.3, 0.4) is 0 Å². The van der Waals surface area contributed by atoms with E-state index in [-0.39, 0.29) is 0 Å². The molecule has 1 aliphatic rings. The van der Waals surface area contributed by atoms with Crippen LogP contribution < -0.4 is 0 Å². The zero-order valence-corrected chi connectivity index (χ0v) is 12.3. The van der Waals surface area contributed by atoms with Crippen molar-refractivity contribution in [2.75, 3.05) is 25.4 Å². The maximum Gasteiger partial charge on any atom is 0.0108 e. The van der Waals surface area contributed by atoms with Crippen molar-refractivity contribution in [3.8, 4) is 0 Å². The highest BCUT2D eigenvalue weighted by Gasteiger charge is 2.15. The molecule has 0 bridgehead atoms. The van der Waals surface area contributed by atoms with Crippen LogP contribution in [0.5, 0.6) is 0 Å². The Morgan fingerprint density at radius 2 is 2.00 bits per heavy atom. The van der Waals surface area contributed by atoms with E-state index >= 15 is 0 Å². The zero-order valence-electron chi connectivity index (χ0n) is 11.5. The third-order valence-electron chi connectivity index (χ3n) is 3.94. The van der Waals surface area contributed by atoms with Crippen LogP contribution in [0.1, 0.15) is 32.6 Å². The van der Waals surface area contributed by atoms with Crippen LogP contribution in [0.4, 0.5) is 0 Å². The molecule has 1 aromatic carbocycles. The van der Waals surface area contributed by atoms with Crippen molar-refractivity contribution in [3.63, 3.8) is 0 Å². The number of benzene rings is 1. The van der Waals surface area contributed by atoms with Crippen molar-refractivity contribution >= 4 is 11.8 Å². The summed E-state index contributed by atoms with van der Waals surface area (Å²) in [4.78, 5) is 4.06. The first kappa shape index (κ1) is 14.0. The number of nitrogens with zero attached hydrogens (tertiary/aromatic N) is 1. The molecule has 2 heteroatoms. The van der Waals surface area contributed by atoms with Gasteiger partial charge in [0.1, 0.15) is 0 Å². The highest BCUT2D eigenvalue weighted by Crippen LogP contribution is 2.21. The van der Waals surface area contributed by atoms with Crippen molar-refractivity contribution in [2.24, 2.45) is 5.92 Å². The Balaban J connectivity index is 1.67. The van der Waals surface area contributed by atoms with E-state index < -0.39 is 0 Å². The monoisotopic (exact) mass is 263 g/mol. The van der Waals surface area contributed by atoms with E-state index in [0.717, 1.165) is 5.92 Å². The molecule has 0 spiro atoms. The predicted octanol–water partition coefficient (Wildman–Crippen LogP) is 4.29. The van der Waals surface area contributed by atoms with Crippen molar-refractivity contribution < 1.29 is 0 Å². The van der Waals surface area contributed by atoms with Gasteiger partial charge in [0.05, 0.1) is 0 Å². The first-order valence-corrected chi connectivity index (χ1v) is 8.27. The average molecular weight is 263 g/mol. The van der Waals surface area contributed by atoms with Gasteiger partial charge in [-0.3, -0.25) is 0 Å². The second kappa shape index (κ2) is 7.85. The molecule has 1 aliphatic heterocycles. The minimum Gasteiger partial charge on any atom is -0.302 e. The molecule has 2 rings (SSSR count). The predicted molar refractivity (Wildman–Crippen MR) is 81.2 cm³/mol. The van der Waals surface area contributed by atoms with Crippen molar-refractivity contribution in [1.29, 1.82) is 0 Å². The van der Waals surface area contributed by atoms with E-state index in [2.05, 4.69) is 42.2 Å². The summed E-state index contributed by atoms with van der Waals surface area (Å²) in [5, 5.41) is 0. The summed E-state index contributed by atoms with van der Waals surface area (Å²) in [5.74, 6) is 2.21. The molecule has 0 saturated carbocycles. The van der Waals surface area contributed by atoms with Gasteiger partial charge in [-0.05, 0) is 50.4 Å². The molecule has 0 aromatic heterocycles. The van der Waals surface area contributed by atoms with Gasteiger partial charge in [-0.15, -0.1) is 11.8 Å². The Kier molecular flexibility index (Phi) is 6.09. The molecule has 1 unspecified atom stereocenters. The molecule has 100 valence electrons. The van der Waals surface area contributed by atoms with E-state index in [9.17, 15) is 0 Å². The van der Waals surface area contributed by atoms with Gasteiger partial charge in [-0.2, -0.15) is 0 Å². The van der Waals surface area contributed by atoms with E-state index in [1.807, 2.05) is 11.8 Å². The zero-order chi connectivity index (χ0) is 12.6. The van der Waals surface area contributed by atoms with Gasteiger partial charge in [0.15, 0.2) is 0 Å². The van der Waals surface area contributed by atoms with Gasteiger partial charge in [0.2, 0.25) is 0 Å². The van der Waals surface area contributed by atoms with Crippen molar-refractivity contribution in [1.82, 2.24) is 4.90 Å². The Bertz CT molecular complexity index is 325. The minimum absolute atomic E-state index is 0.983.